The van der Waals surface area contributed by atoms with Crippen LogP contribution in [0, 0.1) is 17.3 Å². The van der Waals surface area contributed by atoms with Crippen LogP contribution in [0.25, 0.3) is 0 Å². The van der Waals surface area contributed by atoms with E-state index in [-0.39, 0.29) is 23.2 Å². The van der Waals surface area contributed by atoms with Gasteiger partial charge in [0.25, 0.3) is 0 Å². The Hall–Kier alpha value is -0.610. The van der Waals surface area contributed by atoms with Crippen molar-refractivity contribution in [2.24, 2.45) is 23.0 Å². The highest BCUT2D eigenvalue weighted by Crippen LogP contribution is 2.23. The molecule has 0 bridgehead atoms. The van der Waals surface area contributed by atoms with E-state index in [1.54, 1.807) is 0 Å². The third-order valence-corrected chi connectivity index (χ3v) is 2.77. The Morgan fingerprint density at radius 3 is 2.24 bits per heavy atom. The molecule has 0 aliphatic heterocycles. The van der Waals surface area contributed by atoms with E-state index in [4.69, 9.17) is 5.73 Å². The van der Waals surface area contributed by atoms with Crippen molar-refractivity contribution in [2.75, 3.05) is 13.1 Å². The van der Waals surface area contributed by atoms with Crippen LogP contribution in [-0.4, -0.2) is 30.2 Å². The highest BCUT2D eigenvalue weighted by atomic mass is 16.3. The maximum Gasteiger partial charge on any atom is 0.224 e. The molecule has 0 spiro atoms. The normalized spacial score (nSPS) is 15.8. The van der Waals surface area contributed by atoms with Crippen LogP contribution in [0.3, 0.4) is 0 Å². The van der Waals surface area contributed by atoms with Gasteiger partial charge in [-0.25, -0.2) is 0 Å². The summed E-state index contributed by atoms with van der Waals surface area (Å²) in [7, 11) is 0. The molecule has 0 aromatic heterocycles. The number of aliphatic hydroxyl groups is 1. The lowest BCUT2D eigenvalue weighted by Gasteiger charge is -2.25. The van der Waals surface area contributed by atoms with Gasteiger partial charge in [-0.15, -0.1) is 0 Å². The maximum atomic E-state index is 11.9. The molecule has 4 nitrogen and oxygen atoms in total. The van der Waals surface area contributed by atoms with Gasteiger partial charge in [0, 0.05) is 13.1 Å². The number of nitrogens with two attached hydrogens (primary N) is 1. The minimum atomic E-state index is -0.494. The third kappa shape index (κ3) is 7.34. The molecule has 0 heterocycles. The summed E-state index contributed by atoms with van der Waals surface area (Å²) < 4.78 is 0. The lowest BCUT2D eigenvalue weighted by atomic mass is 9.84. The molecule has 0 aromatic carbocycles. The lowest BCUT2D eigenvalue weighted by molar-refractivity contribution is -0.126. The largest absolute Gasteiger partial charge is 0.391 e. The molecule has 0 aliphatic carbocycles. The SMILES string of the molecule is CC(C)C(O)CNC(=O)C(CN)CC(C)(C)C. The van der Waals surface area contributed by atoms with Crippen LogP contribution >= 0.6 is 0 Å². The minimum Gasteiger partial charge on any atom is -0.391 e. The van der Waals surface area contributed by atoms with Gasteiger partial charge in [-0.3, -0.25) is 4.79 Å². The second kappa shape index (κ2) is 6.97. The van der Waals surface area contributed by atoms with Crippen molar-refractivity contribution in [3.05, 3.63) is 0 Å². The standard InChI is InChI=1S/C13H28N2O2/c1-9(2)11(16)8-15-12(17)10(7-14)6-13(3,4)5/h9-11,16H,6-8,14H2,1-5H3,(H,15,17). The predicted molar refractivity (Wildman–Crippen MR) is 70.5 cm³/mol. The first kappa shape index (κ1) is 16.4. The topological polar surface area (TPSA) is 75.3 Å². The Morgan fingerprint density at radius 2 is 1.88 bits per heavy atom. The second-order valence-corrected chi connectivity index (χ2v) is 6.25. The van der Waals surface area contributed by atoms with Gasteiger partial charge in [-0.2, -0.15) is 0 Å². The Bertz CT molecular complexity index is 234. The highest BCUT2D eigenvalue weighted by molar-refractivity contribution is 5.78. The van der Waals surface area contributed by atoms with E-state index in [2.05, 4.69) is 26.1 Å². The van der Waals surface area contributed by atoms with Gasteiger partial charge >= 0.3 is 0 Å². The van der Waals surface area contributed by atoms with Crippen LogP contribution in [0.15, 0.2) is 0 Å². The van der Waals surface area contributed by atoms with Gasteiger partial charge in [-0.05, 0) is 17.8 Å². The molecule has 0 fully saturated rings. The van der Waals surface area contributed by atoms with Crippen LogP contribution in [0.2, 0.25) is 0 Å². The number of aliphatic hydroxyl groups excluding tert-OH is 1. The number of amides is 1. The lowest BCUT2D eigenvalue weighted by Crippen LogP contribution is -2.41. The molecule has 0 saturated heterocycles. The first-order chi connectivity index (χ1) is 7.67. The van der Waals surface area contributed by atoms with Gasteiger partial charge in [0.05, 0.1) is 12.0 Å². The Morgan fingerprint density at radius 1 is 1.35 bits per heavy atom. The molecule has 0 rings (SSSR count). The quantitative estimate of drug-likeness (QED) is 0.655. The van der Waals surface area contributed by atoms with Crippen LogP contribution in [0.4, 0.5) is 0 Å². The van der Waals surface area contributed by atoms with E-state index in [0.29, 0.717) is 13.1 Å². The number of nitrogens with one attached hydrogen (secondary N) is 1. The van der Waals surface area contributed by atoms with Gasteiger partial charge in [0.2, 0.25) is 5.91 Å². The fraction of sp³-hybridized carbons (Fsp3) is 0.923. The van der Waals surface area contributed by atoms with Gasteiger partial charge < -0.3 is 16.2 Å². The number of carbonyl (C=O) groups is 1. The minimum absolute atomic E-state index is 0.0536. The van der Waals surface area contributed by atoms with Crippen molar-refractivity contribution >= 4 is 5.91 Å². The van der Waals surface area contributed by atoms with E-state index in [1.165, 1.54) is 0 Å². The summed E-state index contributed by atoms with van der Waals surface area (Å²) in [5.41, 5.74) is 5.71. The van der Waals surface area contributed by atoms with Crippen molar-refractivity contribution in [3.8, 4) is 0 Å². The van der Waals surface area contributed by atoms with Crippen molar-refractivity contribution in [3.63, 3.8) is 0 Å². The summed E-state index contributed by atoms with van der Waals surface area (Å²) in [5.74, 6) is -0.0780. The van der Waals surface area contributed by atoms with E-state index >= 15 is 0 Å². The number of hydrogen-bond donors (Lipinski definition) is 3. The Kier molecular flexibility index (Phi) is 6.72. The fourth-order valence-electron chi connectivity index (χ4n) is 1.61. The summed E-state index contributed by atoms with van der Waals surface area (Å²) in [5, 5.41) is 12.4. The molecule has 2 unspecified atom stereocenters. The third-order valence-electron chi connectivity index (χ3n) is 2.77. The smallest absolute Gasteiger partial charge is 0.224 e. The summed E-state index contributed by atoms with van der Waals surface area (Å²) in [4.78, 5) is 11.9. The summed E-state index contributed by atoms with van der Waals surface area (Å²) in [6.45, 7) is 10.8. The molecule has 4 heteroatoms. The average molecular weight is 244 g/mol. The molecule has 0 aromatic rings. The monoisotopic (exact) mass is 244 g/mol. The van der Waals surface area contributed by atoms with Crippen LogP contribution in [0.5, 0.6) is 0 Å². The Balaban J connectivity index is 4.18. The number of carbonyl (C=O) groups excluding carboxylic acids is 1. The van der Waals surface area contributed by atoms with Gasteiger partial charge in [-0.1, -0.05) is 34.6 Å². The summed E-state index contributed by atoms with van der Waals surface area (Å²) >= 11 is 0. The van der Waals surface area contributed by atoms with E-state index in [9.17, 15) is 9.90 Å². The molecule has 1 amide bonds. The molecule has 0 radical (unpaired) electrons. The second-order valence-electron chi connectivity index (χ2n) is 6.25. The van der Waals surface area contributed by atoms with E-state index in [0.717, 1.165) is 6.42 Å². The molecule has 4 N–H and O–H groups in total. The molecular formula is C13H28N2O2. The zero-order valence-electron chi connectivity index (χ0n) is 11.8. The van der Waals surface area contributed by atoms with Crippen LogP contribution in [-0.2, 0) is 4.79 Å². The van der Waals surface area contributed by atoms with Crippen molar-refractivity contribution in [1.82, 2.24) is 5.32 Å². The molecule has 0 saturated carbocycles. The van der Waals surface area contributed by atoms with Crippen molar-refractivity contribution < 1.29 is 9.90 Å². The van der Waals surface area contributed by atoms with Gasteiger partial charge in [0.15, 0.2) is 0 Å². The van der Waals surface area contributed by atoms with E-state index in [1.807, 2.05) is 13.8 Å². The zero-order valence-corrected chi connectivity index (χ0v) is 11.8. The molecular weight excluding hydrogens is 216 g/mol. The number of rotatable bonds is 6. The maximum absolute atomic E-state index is 11.9. The summed E-state index contributed by atoms with van der Waals surface area (Å²) in [6.07, 6.45) is 0.264. The first-order valence-corrected chi connectivity index (χ1v) is 6.33. The highest BCUT2D eigenvalue weighted by Gasteiger charge is 2.24. The van der Waals surface area contributed by atoms with Crippen LogP contribution < -0.4 is 11.1 Å². The average Bonchev–Trinajstić information content (AvgIpc) is 2.20. The number of hydrogen-bond acceptors (Lipinski definition) is 3. The molecule has 2 atom stereocenters. The van der Waals surface area contributed by atoms with Crippen molar-refractivity contribution in [1.29, 1.82) is 0 Å². The first-order valence-electron chi connectivity index (χ1n) is 6.33. The van der Waals surface area contributed by atoms with Gasteiger partial charge in [0.1, 0.15) is 0 Å². The molecule has 0 aliphatic rings. The Labute approximate surface area is 105 Å². The fourth-order valence-corrected chi connectivity index (χ4v) is 1.61. The van der Waals surface area contributed by atoms with E-state index < -0.39 is 6.10 Å². The van der Waals surface area contributed by atoms with Crippen molar-refractivity contribution in [2.45, 2.75) is 47.1 Å². The predicted octanol–water partition coefficient (Wildman–Crippen LogP) is 1.13. The summed E-state index contributed by atoms with van der Waals surface area (Å²) in [6, 6.07) is 0. The molecule has 17 heavy (non-hydrogen) atoms. The molecule has 102 valence electrons. The zero-order chi connectivity index (χ0) is 13.6. The van der Waals surface area contributed by atoms with Crippen LogP contribution in [0.1, 0.15) is 41.0 Å².